The van der Waals surface area contributed by atoms with Gasteiger partial charge in [0.15, 0.2) is 5.69 Å². The maximum absolute atomic E-state index is 13.4. The summed E-state index contributed by atoms with van der Waals surface area (Å²) >= 11 is 0. The molecule has 0 unspecified atom stereocenters. The number of rotatable bonds is 8. The van der Waals surface area contributed by atoms with Crippen molar-refractivity contribution in [3.8, 4) is 11.4 Å². The molecule has 318 valence electrons. The van der Waals surface area contributed by atoms with Gasteiger partial charge in [-0.05, 0) is 77.6 Å². The third-order valence-corrected chi connectivity index (χ3v) is 10.5. The van der Waals surface area contributed by atoms with Crippen LogP contribution < -0.4 is 17.0 Å². The van der Waals surface area contributed by atoms with Crippen molar-refractivity contribution in [2.24, 2.45) is 0 Å². The first-order valence-electron chi connectivity index (χ1n) is 19.1. The minimum atomic E-state index is -1.05. The van der Waals surface area contributed by atoms with Gasteiger partial charge in [-0.25, -0.2) is 4.79 Å². The fourth-order valence-electron chi connectivity index (χ4n) is 7.15. The fourth-order valence-corrected chi connectivity index (χ4v) is 7.15. The Balaban J connectivity index is 0.000000256. The number of piperidine rings is 2. The van der Waals surface area contributed by atoms with Crippen LogP contribution in [0, 0.1) is 7.43 Å². The van der Waals surface area contributed by atoms with Crippen molar-refractivity contribution in [3.05, 3.63) is 116 Å². The van der Waals surface area contributed by atoms with Gasteiger partial charge in [0, 0.05) is 25.2 Å². The number of aliphatic hydroxyl groups is 1. The van der Waals surface area contributed by atoms with Gasteiger partial charge in [-0.3, -0.25) is 9.59 Å². The number of methoxy groups -OCH3 is 1. The summed E-state index contributed by atoms with van der Waals surface area (Å²) in [6, 6.07) is 14.6. The summed E-state index contributed by atoms with van der Waals surface area (Å²) in [5, 5.41) is 44.0. The molecule has 2 aromatic carbocycles. The number of benzene rings is 2. The molecular formula is C40H49BrMgN14O5. The van der Waals surface area contributed by atoms with E-state index in [0.717, 1.165) is 25.7 Å². The van der Waals surface area contributed by atoms with E-state index >= 15 is 0 Å². The van der Waals surface area contributed by atoms with Crippen LogP contribution in [-0.4, -0.2) is 148 Å². The number of hydrogen-bond donors (Lipinski definition) is 1. The quantitative estimate of drug-likeness (QED) is 0.126. The molecule has 4 atom stereocenters. The Morgan fingerprint density at radius 2 is 1.10 bits per heavy atom. The Hall–Kier alpha value is -5.38. The zero-order chi connectivity index (χ0) is 41.0. The fraction of sp³-hybridized carbons (Fsp3) is 0.400. The Morgan fingerprint density at radius 3 is 1.52 bits per heavy atom. The van der Waals surface area contributed by atoms with E-state index in [9.17, 15) is 19.5 Å². The van der Waals surface area contributed by atoms with E-state index in [0.29, 0.717) is 41.3 Å². The molecule has 0 spiro atoms. The molecule has 2 aliphatic rings. The molecule has 1 N–H and O–H groups in total. The Morgan fingerprint density at radius 1 is 0.672 bits per heavy atom. The Kier molecular flexibility index (Phi) is 16.6. The number of hydrogen-bond acceptors (Lipinski definition) is 13. The zero-order valence-electron chi connectivity index (χ0n) is 35.1. The van der Waals surface area contributed by atoms with E-state index in [4.69, 9.17) is 0 Å². The first-order valence-corrected chi connectivity index (χ1v) is 19.1. The molecule has 0 radical (unpaired) electrons. The van der Waals surface area contributed by atoms with Crippen LogP contribution in [0.4, 0.5) is 0 Å². The molecule has 2 amide bonds. The van der Waals surface area contributed by atoms with Crippen LogP contribution in [0.25, 0.3) is 11.4 Å². The number of para-hydroxylation sites is 2. The molecule has 6 aromatic rings. The number of likely N-dealkylation sites (tertiary alicyclic amines) is 2. The first-order chi connectivity index (χ1) is 27.9. The van der Waals surface area contributed by atoms with E-state index in [1.807, 2.05) is 53.1 Å². The monoisotopic (exact) mass is 908 g/mol. The van der Waals surface area contributed by atoms with Gasteiger partial charge in [0.25, 0.3) is 11.8 Å². The maximum atomic E-state index is 13.4. The van der Waals surface area contributed by atoms with E-state index < -0.39 is 11.6 Å². The van der Waals surface area contributed by atoms with E-state index in [1.165, 1.54) is 27.7 Å². The summed E-state index contributed by atoms with van der Waals surface area (Å²) in [4.78, 5) is 48.2. The molecule has 2 aliphatic heterocycles. The molecule has 0 aliphatic carbocycles. The molecule has 2 saturated heterocycles. The van der Waals surface area contributed by atoms with Crippen molar-refractivity contribution in [2.45, 2.75) is 83.1 Å². The summed E-state index contributed by atoms with van der Waals surface area (Å²) in [7, 11) is 1.30. The largest absolute Gasteiger partial charge is 2.00 e. The zero-order valence-corrected chi connectivity index (χ0v) is 38.1. The number of aromatic nitrogens is 12. The van der Waals surface area contributed by atoms with Crippen LogP contribution in [0.15, 0.2) is 85.7 Å². The van der Waals surface area contributed by atoms with Crippen LogP contribution in [0.5, 0.6) is 0 Å². The van der Waals surface area contributed by atoms with Crippen molar-refractivity contribution < 1.29 is 41.2 Å². The Bertz CT molecular complexity index is 2350. The summed E-state index contributed by atoms with van der Waals surface area (Å²) < 4.78 is 4.69. The third kappa shape index (κ3) is 10.7. The van der Waals surface area contributed by atoms with Crippen LogP contribution in [-0.2, 0) is 10.3 Å². The molecule has 21 heteroatoms. The number of esters is 1. The van der Waals surface area contributed by atoms with Gasteiger partial charge in [0.05, 0.1) is 78.9 Å². The van der Waals surface area contributed by atoms with Crippen molar-refractivity contribution in [3.63, 3.8) is 0 Å². The van der Waals surface area contributed by atoms with Crippen molar-refractivity contribution >= 4 is 40.8 Å². The standard InChI is InChI=1S/C20H25N7O2.C19H21N7O3.CH3.BrH.Mg/c1-14-8-9-15(26-23-12-18(24-26)20(2,3)29)13-25(14)19(28)16-6-4-5-7-17(16)27-21-10-11-22-27;1-13-7-8-14(25-22-11-16(23-25)19(28)29-2)12-24(13)18(27)15-5-3-4-6-17(15)26-20-9-10-21-26;;;/h4-7,10-12,14-15,29H,8-9,13H2,1-3H3;3-6,9-11,13-14H,7-8,12H2,1-2H3;1H3;1H;/q;;-1;;+2/p-1/t14-,15-;13-,14-;;;/m11.../s1. The second kappa shape index (κ2) is 20.9. The van der Waals surface area contributed by atoms with Crippen molar-refractivity contribution in [2.75, 3.05) is 20.2 Å². The molecule has 6 heterocycles. The van der Waals surface area contributed by atoms with Gasteiger partial charge in [-0.2, -0.15) is 54.9 Å². The van der Waals surface area contributed by atoms with Crippen LogP contribution in [0.3, 0.4) is 0 Å². The van der Waals surface area contributed by atoms with Crippen LogP contribution >= 0.6 is 0 Å². The summed E-state index contributed by atoms with van der Waals surface area (Å²) in [5.41, 5.74) is 1.98. The molecule has 61 heavy (non-hydrogen) atoms. The molecule has 0 saturated carbocycles. The minimum Gasteiger partial charge on any atom is -1.00 e. The summed E-state index contributed by atoms with van der Waals surface area (Å²) in [6.07, 6.45) is 12.6. The number of amides is 2. The van der Waals surface area contributed by atoms with Gasteiger partial charge in [0.1, 0.15) is 11.3 Å². The molecule has 2 fully saturated rings. The second-order valence-electron chi connectivity index (χ2n) is 14.9. The predicted molar refractivity (Wildman–Crippen MR) is 219 cm³/mol. The molecular weight excluding hydrogens is 861 g/mol. The normalized spacial score (nSPS) is 18.7. The van der Waals surface area contributed by atoms with Crippen molar-refractivity contribution in [1.29, 1.82) is 0 Å². The molecule has 0 bridgehead atoms. The SMILES string of the molecule is COC(=O)c1cnn([C@@H]2CC[C@@H](C)N(C(=O)c3ccccc3-n3nccn3)C2)n1.C[C@@H]1CC[C@@H](n2ncc(C(C)(C)O)n2)CN1C(=O)c1ccccc1-n1nccn1.[Br-].[CH3-].[Mg+2]. The smallest absolute Gasteiger partial charge is 1.00 e. The minimum absolute atomic E-state index is 0. The molecule has 8 rings (SSSR count). The number of halogens is 1. The van der Waals surface area contributed by atoms with E-state index in [1.54, 1.807) is 61.8 Å². The van der Waals surface area contributed by atoms with Crippen LogP contribution in [0.1, 0.15) is 102 Å². The topological polar surface area (TPSA) is 210 Å². The predicted octanol–water partition coefficient (Wildman–Crippen LogP) is 0.537. The van der Waals surface area contributed by atoms with E-state index in [2.05, 4.69) is 52.5 Å². The average molecular weight is 910 g/mol. The van der Waals surface area contributed by atoms with Crippen molar-refractivity contribution in [1.82, 2.24) is 69.8 Å². The van der Waals surface area contributed by atoms with E-state index in [-0.39, 0.29) is 89.1 Å². The summed E-state index contributed by atoms with van der Waals surface area (Å²) in [6.45, 7) is 8.39. The third-order valence-electron chi connectivity index (χ3n) is 10.5. The van der Waals surface area contributed by atoms with Gasteiger partial charge in [0.2, 0.25) is 0 Å². The molecule has 4 aromatic heterocycles. The maximum Gasteiger partial charge on any atom is 2.00 e. The number of ether oxygens (including phenoxy) is 1. The molecule has 19 nitrogen and oxygen atoms in total. The number of carbonyl (C=O) groups is 3. The number of carbonyl (C=O) groups excluding carboxylic acids is 3. The van der Waals surface area contributed by atoms with Crippen LogP contribution in [0.2, 0.25) is 0 Å². The number of nitrogens with zero attached hydrogens (tertiary/aromatic N) is 14. The van der Waals surface area contributed by atoms with Gasteiger partial charge in [-0.1, -0.05) is 24.3 Å². The average Bonchev–Trinajstić information content (AvgIpc) is 4.09. The van der Waals surface area contributed by atoms with Gasteiger partial charge in [-0.15, -0.1) is 5.10 Å². The first kappa shape index (κ1) is 48.3. The summed E-state index contributed by atoms with van der Waals surface area (Å²) in [5.74, 6) is -0.700. The Labute approximate surface area is 380 Å². The van der Waals surface area contributed by atoms with Gasteiger partial charge >= 0.3 is 29.0 Å². The van der Waals surface area contributed by atoms with Gasteiger partial charge < -0.3 is 44.1 Å². The second-order valence-corrected chi connectivity index (χ2v) is 14.9.